The van der Waals surface area contributed by atoms with Crippen LogP contribution < -0.4 is 97.4 Å². The highest BCUT2D eigenvalue weighted by molar-refractivity contribution is 6.00. The summed E-state index contributed by atoms with van der Waals surface area (Å²) in [6.07, 6.45) is -2.32. The molecule has 113 heavy (non-hydrogen) atoms. The number of nitrogens with zero attached hydrogens (tertiary/aromatic N) is 2. The summed E-state index contributed by atoms with van der Waals surface area (Å²) < 4.78 is 31.7. The van der Waals surface area contributed by atoms with E-state index in [1.165, 1.54) is 25.7 Å². The predicted octanol–water partition coefficient (Wildman–Crippen LogP) is -5.47. The number of carbonyl (C=O) groups excluding carboxylic acids is 14. The van der Waals surface area contributed by atoms with Gasteiger partial charge in [0, 0.05) is 13.1 Å². The van der Waals surface area contributed by atoms with E-state index in [4.69, 9.17) is 32.8 Å². The number of nitrogens with two attached hydrogens (primary N) is 4. The van der Waals surface area contributed by atoms with Crippen molar-refractivity contribution in [2.24, 2.45) is 51.6 Å². The topological polar surface area (TPSA) is 642 Å². The SMILES string of the molecule is CC(C)C[C@H](NC(=O)[C@@H]1CCCN1)C(=O)N[C@@H](C)C(=O)N[C@@H](CCCN=C(N)N)C(=O)N[C@H](C(=O)N[C@@H](CC(C)C)C(=O)N[C@@H](CO)C(=O)N[C@H](C(=O)N[C@@H](C)C(=O)NCC(=O)N[C@@H](CC(C)C)C(=O)N1CCC[C@H]1C(=O)NCC(=O)N[C@@H](CCCCN)C(=O)NC(CCCCN)C(=O)O)C(C)C)[C@@H](C)O.O=C(O)C(F)(F)F. The molecule has 0 spiro atoms. The third kappa shape index (κ3) is 39.1. The van der Waals surface area contributed by atoms with Crippen molar-refractivity contribution >= 4 is 101 Å². The van der Waals surface area contributed by atoms with E-state index in [2.05, 4.69) is 79.4 Å². The number of halogens is 3. The molecule has 0 bridgehead atoms. The van der Waals surface area contributed by atoms with Gasteiger partial charge < -0.3 is 123 Å². The van der Waals surface area contributed by atoms with Gasteiger partial charge in [-0.1, -0.05) is 55.4 Å². The van der Waals surface area contributed by atoms with E-state index in [1.807, 2.05) is 13.8 Å². The number of guanidine groups is 1. The lowest BCUT2D eigenvalue weighted by Gasteiger charge is -2.29. The first kappa shape index (κ1) is 101. The van der Waals surface area contributed by atoms with E-state index in [0.29, 0.717) is 58.2 Å². The number of alkyl halides is 3. The molecule has 2 aliphatic heterocycles. The Kier molecular flexibility index (Phi) is 46.6. The molecule has 0 radical (unpaired) electrons. The minimum absolute atomic E-state index is 0.00982. The summed E-state index contributed by atoms with van der Waals surface area (Å²) in [5.74, 6) is -16.8. The maximum Gasteiger partial charge on any atom is 0.490 e. The summed E-state index contributed by atoms with van der Waals surface area (Å²) >= 11 is 0. The van der Waals surface area contributed by atoms with Crippen LogP contribution in [0.1, 0.15) is 172 Å². The lowest BCUT2D eigenvalue weighted by molar-refractivity contribution is -0.192. The number of carboxylic acids is 2. The number of aliphatic carboxylic acids is 2. The largest absolute Gasteiger partial charge is 0.490 e. The van der Waals surface area contributed by atoms with Gasteiger partial charge in [-0.2, -0.15) is 13.2 Å². The molecule has 0 aliphatic carbocycles. The first-order chi connectivity index (χ1) is 52.8. The molecule has 43 heteroatoms. The summed E-state index contributed by atoms with van der Waals surface area (Å²) in [7, 11) is 0. The molecule has 0 saturated carbocycles. The Balaban J connectivity index is 0.00000867. The average molecular weight is 1620 g/mol. The second-order valence-corrected chi connectivity index (χ2v) is 29.5. The number of amides is 14. The number of carboxylic acid groups (broad SMARTS) is 2. The number of aliphatic imine (C=N–C) groups is 1. The Morgan fingerprint density at radius 1 is 0.487 bits per heavy atom. The first-order valence-electron chi connectivity index (χ1n) is 38.0. The van der Waals surface area contributed by atoms with Crippen molar-refractivity contribution < 1.29 is 110 Å². The van der Waals surface area contributed by atoms with E-state index >= 15 is 0 Å². The molecule has 2 saturated heterocycles. The quantitative estimate of drug-likeness (QED) is 0.0154. The Morgan fingerprint density at radius 2 is 0.920 bits per heavy atom. The summed E-state index contributed by atoms with van der Waals surface area (Å²) in [5.41, 5.74) is 22.2. The molecule has 0 aromatic heterocycles. The van der Waals surface area contributed by atoms with Gasteiger partial charge in [-0.25, -0.2) is 9.59 Å². The molecular formula is C70H123F3N20O20. The van der Waals surface area contributed by atoms with Gasteiger partial charge in [-0.3, -0.25) is 72.1 Å². The highest BCUT2D eigenvalue weighted by atomic mass is 19.4. The fraction of sp³-hybridized carbons (Fsp3) is 0.757. The number of aliphatic hydroxyl groups is 2. The van der Waals surface area contributed by atoms with Gasteiger partial charge in [-0.05, 0) is 160 Å². The smallest absolute Gasteiger partial charge is 0.480 e. The van der Waals surface area contributed by atoms with Crippen LogP contribution in [0.2, 0.25) is 0 Å². The molecule has 1 unspecified atom stereocenters. The van der Waals surface area contributed by atoms with Gasteiger partial charge in [-0.15, -0.1) is 0 Å². The van der Waals surface area contributed by atoms with Crippen LogP contribution in [-0.2, 0) is 76.7 Å². The lowest BCUT2D eigenvalue weighted by Crippen LogP contribution is -2.62. The van der Waals surface area contributed by atoms with Crippen molar-refractivity contribution in [1.29, 1.82) is 0 Å². The molecule has 14 atom stereocenters. The zero-order valence-electron chi connectivity index (χ0n) is 66.3. The Labute approximate surface area is 655 Å². The minimum Gasteiger partial charge on any atom is -0.480 e. The fourth-order valence-corrected chi connectivity index (χ4v) is 11.7. The third-order valence-corrected chi connectivity index (χ3v) is 17.7. The minimum atomic E-state index is -5.08. The molecular weight excluding hydrogens is 1500 g/mol. The average Bonchev–Trinajstić information content (AvgIpc) is 1.80. The van der Waals surface area contributed by atoms with Crippen LogP contribution in [0, 0.1) is 23.7 Å². The monoisotopic (exact) mass is 1620 g/mol. The van der Waals surface area contributed by atoms with E-state index < -0.39 is 205 Å². The summed E-state index contributed by atoms with van der Waals surface area (Å²) in [4.78, 5) is 217. The van der Waals surface area contributed by atoms with Crippen LogP contribution in [0.3, 0.4) is 0 Å². The number of nitrogens with one attached hydrogen (secondary N) is 14. The third-order valence-electron chi connectivity index (χ3n) is 17.7. The standard InChI is InChI=1S/C68H122N20O18.C2HF3O2/c1-35(2)29-46(83-57(95)42-21-16-26-73-42)60(98)77-40(10)56(94)81-44(22-17-27-74-68(71)72)59(97)87-54(41(11)90)65(103)84-47(30-36(3)4)61(99)85-49(34-89)62(100)86-53(38(7)8)64(102)78-39(9)55(93)75-32-52(92)80-48(31-37(5)6)66(104)88-28-18-23-50(88)63(101)76-33-51(91)79-43(19-12-14-24-69)58(96)82-45(67(105)106)20-13-15-25-70;3-2(4,5)1(6)7/h35-50,53-54,73,89-90H,12-34,69-70H2,1-11H3,(H,75,93)(H,76,101)(H,77,98)(H,78,102)(H,79,91)(H,80,92)(H,81,94)(H,82,96)(H,83,95)(H,84,103)(H,85,99)(H,86,100)(H,87,97)(H,105,106)(H4,71,72,74);(H,6,7)/t39-,40-,41+,42-,43-,44-,45?,46-,47-,48-,49-,50-,53-,54-;/m0./s1. The zero-order valence-corrected chi connectivity index (χ0v) is 66.3. The summed E-state index contributed by atoms with van der Waals surface area (Å²) in [6, 6.07) is -16.5. The van der Waals surface area contributed by atoms with Crippen LogP contribution in [-0.4, -0.2) is 269 Å². The van der Waals surface area contributed by atoms with Crippen molar-refractivity contribution in [1.82, 2.24) is 79.3 Å². The van der Waals surface area contributed by atoms with Gasteiger partial charge in [0.05, 0.1) is 31.8 Å². The molecule has 14 amide bonds. The fourth-order valence-electron chi connectivity index (χ4n) is 11.7. The molecule has 2 rings (SSSR count). The highest BCUT2D eigenvalue weighted by Gasteiger charge is 2.41. The normalized spacial score (nSPS) is 17.2. The van der Waals surface area contributed by atoms with Crippen LogP contribution in [0.25, 0.3) is 0 Å². The van der Waals surface area contributed by atoms with Crippen LogP contribution >= 0.6 is 0 Å². The van der Waals surface area contributed by atoms with Gasteiger partial charge in [0.2, 0.25) is 82.7 Å². The molecule has 2 aliphatic rings. The Morgan fingerprint density at radius 3 is 1.42 bits per heavy atom. The van der Waals surface area contributed by atoms with E-state index in [9.17, 15) is 100 Å². The summed E-state index contributed by atoms with van der Waals surface area (Å²) in [6.45, 7) is 16.8. The number of unbranched alkanes of at least 4 members (excludes halogenated alkanes) is 2. The zero-order chi connectivity index (χ0) is 86.2. The second-order valence-electron chi connectivity index (χ2n) is 29.5. The highest BCUT2D eigenvalue weighted by Crippen LogP contribution is 2.22. The number of aliphatic hydroxyl groups excluding tert-OH is 2. The maximum absolute atomic E-state index is 14.2. The summed E-state index contributed by atoms with van der Waals surface area (Å²) in [5, 5.41) is 74.0. The number of carbonyl (C=O) groups is 16. The van der Waals surface area contributed by atoms with Gasteiger partial charge in [0.1, 0.15) is 72.5 Å². The number of hydrogen-bond donors (Lipinski definition) is 22. The lowest BCUT2D eigenvalue weighted by atomic mass is 10.0. The van der Waals surface area contributed by atoms with E-state index in [1.54, 1.807) is 41.5 Å². The molecule has 644 valence electrons. The van der Waals surface area contributed by atoms with Crippen LogP contribution in [0.4, 0.5) is 13.2 Å². The van der Waals surface area contributed by atoms with Gasteiger partial charge in [0.15, 0.2) is 5.96 Å². The molecule has 2 heterocycles. The van der Waals surface area contributed by atoms with Gasteiger partial charge >= 0.3 is 18.1 Å². The predicted molar refractivity (Wildman–Crippen MR) is 403 cm³/mol. The molecule has 0 aromatic carbocycles. The van der Waals surface area contributed by atoms with Crippen molar-refractivity contribution in [3.63, 3.8) is 0 Å². The Bertz CT molecular complexity index is 3190. The maximum atomic E-state index is 14.2. The molecule has 0 aromatic rings. The van der Waals surface area contributed by atoms with E-state index in [0.717, 1.165) is 6.42 Å². The van der Waals surface area contributed by atoms with E-state index in [-0.39, 0.29) is 94.1 Å². The van der Waals surface area contributed by atoms with Crippen LogP contribution in [0.5, 0.6) is 0 Å². The number of rotatable bonds is 49. The second kappa shape index (κ2) is 51.9. The van der Waals surface area contributed by atoms with Gasteiger partial charge in [0.25, 0.3) is 0 Å². The van der Waals surface area contributed by atoms with Crippen molar-refractivity contribution in [3.8, 4) is 0 Å². The van der Waals surface area contributed by atoms with Crippen molar-refractivity contribution in [2.45, 2.75) is 263 Å². The Hall–Kier alpha value is -9.62. The first-order valence-corrected chi connectivity index (χ1v) is 38.0. The van der Waals surface area contributed by atoms with Crippen molar-refractivity contribution in [3.05, 3.63) is 0 Å². The number of likely N-dealkylation sites (tertiary alicyclic amines) is 1. The molecule has 26 N–H and O–H groups in total. The number of hydrogen-bond acceptors (Lipinski definition) is 22. The molecule has 2 fully saturated rings. The van der Waals surface area contributed by atoms with Crippen LogP contribution in [0.15, 0.2) is 4.99 Å². The van der Waals surface area contributed by atoms with Crippen molar-refractivity contribution in [2.75, 3.05) is 52.4 Å². The molecule has 40 nitrogen and oxygen atoms in total.